The summed E-state index contributed by atoms with van der Waals surface area (Å²) in [6.07, 6.45) is 6.31. The molecule has 0 fully saturated rings. The average Bonchev–Trinajstić information content (AvgIpc) is 2.49. The Kier molecular flexibility index (Phi) is 10.4. The fourth-order valence-corrected chi connectivity index (χ4v) is 4.75. The Labute approximate surface area is 148 Å². The number of carbonyl (C=O) groups is 1. The second-order valence-corrected chi connectivity index (χ2v) is 10.4. The van der Waals surface area contributed by atoms with Gasteiger partial charge in [0.25, 0.3) is 0 Å². The van der Waals surface area contributed by atoms with Gasteiger partial charge < -0.3 is 18.0 Å². The Morgan fingerprint density at radius 3 is 2.08 bits per heavy atom. The van der Waals surface area contributed by atoms with Gasteiger partial charge in [-0.15, -0.1) is 0 Å². The van der Waals surface area contributed by atoms with E-state index < -0.39 is 13.8 Å². The maximum absolute atomic E-state index is 11.1. The summed E-state index contributed by atoms with van der Waals surface area (Å²) in [5.74, 6) is -0.326. The van der Waals surface area contributed by atoms with Gasteiger partial charge in [-0.1, -0.05) is 37.1 Å². The fourth-order valence-electron chi connectivity index (χ4n) is 2.30. The first kappa shape index (κ1) is 23.0. The number of allylic oxidation sites excluding steroid dienone is 3. The predicted molar refractivity (Wildman–Crippen MR) is 98.8 cm³/mol. The van der Waals surface area contributed by atoms with Crippen molar-refractivity contribution in [2.75, 3.05) is 27.4 Å². The maximum Gasteiger partial charge on any atom is 0.510 e. The molecule has 0 aliphatic carbocycles. The topological polar surface area (TPSA) is 54.0 Å². The molecule has 0 saturated carbocycles. The van der Waals surface area contributed by atoms with Crippen LogP contribution in [0.25, 0.3) is 0 Å². The van der Waals surface area contributed by atoms with E-state index in [1.54, 1.807) is 14.2 Å². The van der Waals surface area contributed by atoms with E-state index in [0.717, 1.165) is 12.8 Å². The van der Waals surface area contributed by atoms with Gasteiger partial charge in [0, 0.05) is 21.1 Å². The first-order valence-electron chi connectivity index (χ1n) is 8.27. The summed E-state index contributed by atoms with van der Waals surface area (Å²) in [6, 6.07) is 0. The molecule has 0 aliphatic rings. The average molecular weight is 359 g/mol. The van der Waals surface area contributed by atoms with Crippen molar-refractivity contribution in [1.82, 2.24) is 0 Å². The minimum Gasteiger partial charge on any atom is -0.465 e. The lowest BCUT2D eigenvalue weighted by Crippen LogP contribution is -2.55. The number of esters is 1. The second-order valence-electron chi connectivity index (χ2n) is 6.81. The van der Waals surface area contributed by atoms with Crippen LogP contribution in [-0.2, 0) is 22.8 Å². The highest BCUT2D eigenvalue weighted by Crippen LogP contribution is 2.39. The summed E-state index contributed by atoms with van der Waals surface area (Å²) in [5, 5.41) is -0.536. The van der Waals surface area contributed by atoms with Crippen molar-refractivity contribution in [3.05, 3.63) is 23.3 Å². The van der Waals surface area contributed by atoms with Gasteiger partial charge in [-0.3, -0.25) is 4.79 Å². The van der Waals surface area contributed by atoms with E-state index in [2.05, 4.69) is 32.9 Å². The minimum atomic E-state index is -2.99. The van der Waals surface area contributed by atoms with Crippen LogP contribution < -0.4 is 0 Å². The molecule has 5 nitrogen and oxygen atoms in total. The van der Waals surface area contributed by atoms with Crippen molar-refractivity contribution in [1.29, 1.82) is 0 Å². The number of rotatable bonds is 11. The Morgan fingerprint density at radius 2 is 1.62 bits per heavy atom. The first-order valence-corrected chi connectivity index (χ1v) is 9.99. The van der Waals surface area contributed by atoms with Crippen molar-refractivity contribution in [3.63, 3.8) is 0 Å². The molecule has 0 heterocycles. The van der Waals surface area contributed by atoms with E-state index in [4.69, 9.17) is 18.0 Å². The third-order valence-electron chi connectivity index (χ3n) is 3.80. The van der Waals surface area contributed by atoms with Crippen LogP contribution in [-0.4, -0.2) is 42.2 Å². The molecule has 0 N–H and O–H groups in total. The molecule has 0 unspecified atom stereocenters. The van der Waals surface area contributed by atoms with Crippen molar-refractivity contribution < 1.29 is 22.8 Å². The summed E-state index contributed by atoms with van der Waals surface area (Å²) >= 11 is 0. The van der Waals surface area contributed by atoms with Crippen molar-refractivity contribution in [2.24, 2.45) is 0 Å². The van der Waals surface area contributed by atoms with Crippen molar-refractivity contribution >= 4 is 14.8 Å². The third-order valence-corrected chi connectivity index (χ3v) is 7.22. The lowest BCUT2D eigenvalue weighted by molar-refractivity contribution is -0.142. The predicted octanol–water partition coefficient (Wildman–Crippen LogP) is 4.27. The monoisotopic (exact) mass is 358 g/mol. The highest BCUT2D eigenvalue weighted by atomic mass is 28.4. The van der Waals surface area contributed by atoms with E-state index in [9.17, 15) is 4.79 Å². The van der Waals surface area contributed by atoms with Gasteiger partial charge in [-0.2, -0.15) is 0 Å². The van der Waals surface area contributed by atoms with Crippen LogP contribution in [0.2, 0.25) is 5.04 Å². The molecule has 0 atom stereocenters. The van der Waals surface area contributed by atoms with Crippen LogP contribution in [0, 0.1) is 0 Å². The number of hydrogen-bond donors (Lipinski definition) is 0. The van der Waals surface area contributed by atoms with Gasteiger partial charge in [-0.05, 0) is 33.6 Å². The first-order chi connectivity index (χ1) is 11.1. The highest BCUT2D eigenvalue weighted by molar-refractivity contribution is 6.64. The lowest BCUT2D eigenvalue weighted by atomic mass is 10.1. The molecule has 0 radical (unpaired) electrons. The maximum atomic E-state index is 11.1. The molecular weight excluding hydrogens is 324 g/mol. The molecule has 0 aromatic heterocycles. The molecule has 0 spiro atoms. The van der Waals surface area contributed by atoms with Gasteiger partial charge in [0.1, 0.15) is 6.61 Å². The second kappa shape index (κ2) is 10.8. The van der Waals surface area contributed by atoms with Crippen LogP contribution in [0.1, 0.15) is 54.4 Å². The summed E-state index contributed by atoms with van der Waals surface area (Å²) < 4.78 is 22.5. The SMILES string of the molecule is CO[Si](OC)(OC/C=C(\C)CCC=C(C)C)C(C)(C)COC(C)=O. The van der Waals surface area contributed by atoms with E-state index >= 15 is 0 Å². The highest BCUT2D eigenvalue weighted by Gasteiger charge is 2.55. The number of carbonyl (C=O) groups excluding carboxylic acids is 1. The minimum absolute atomic E-state index is 0.194. The van der Waals surface area contributed by atoms with Crippen LogP contribution in [0.5, 0.6) is 0 Å². The molecule has 0 aliphatic heterocycles. The molecule has 0 rings (SSSR count). The summed E-state index contributed by atoms with van der Waals surface area (Å²) in [6.45, 7) is 12.2. The summed E-state index contributed by atoms with van der Waals surface area (Å²) in [4.78, 5) is 11.1. The van der Waals surface area contributed by atoms with Gasteiger partial charge in [0.15, 0.2) is 0 Å². The number of ether oxygens (including phenoxy) is 1. The van der Waals surface area contributed by atoms with Gasteiger partial charge >= 0.3 is 14.8 Å². The molecule has 0 aromatic rings. The zero-order valence-corrected chi connectivity index (χ0v) is 17.5. The molecule has 6 heteroatoms. The number of hydrogen-bond acceptors (Lipinski definition) is 5. The van der Waals surface area contributed by atoms with E-state index in [1.807, 2.05) is 13.8 Å². The fraction of sp³-hybridized carbons (Fsp3) is 0.722. The Balaban J connectivity index is 4.82. The van der Waals surface area contributed by atoms with E-state index in [1.165, 1.54) is 18.1 Å². The van der Waals surface area contributed by atoms with Gasteiger partial charge in [-0.25, -0.2) is 0 Å². The van der Waals surface area contributed by atoms with Crippen molar-refractivity contribution in [3.8, 4) is 0 Å². The zero-order chi connectivity index (χ0) is 18.8. The Bertz CT molecular complexity index is 446. The summed E-state index contributed by atoms with van der Waals surface area (Å²) in [5.41, 5.74) is 2.59. The lowest BCUT2D eigenvalue weighted by Gasteiger charge is -2.38. The van der Waals surface area contributed by atoms with Crippen LogP contribution in [0.4, 0.5) is 0 Å². The van der Waals surface area contributed by atoms with Crippen LogP contribution in [0.15, 0.2) is 23.3 Å². The summed E-state index contributed by atoms with van der Waals surface area (Å²) in [7, 11) is 0.172. The Hall–Kier alpha value is -0.953. The van der Waals surface area contributed by atoms with Crippen LogP contribution >= 0.6 is 0 Å². The van der Waals surface area contributed by atoms with E-state index in [0.29, 0.717) is 6.61 Å². The van der Waals surface area contributed by atoms with Gasteiger partial charge in [0.05, 0.1) is 11.6 Å². The molecule has 0 bridgehead atoms. The molecule has 24 heavy (non-hydrogen) atoms. The smallest absolute Gasteiger partial charge is 0.465 e. The van der Waals surface area contributed by atoms with E-state index in [-0.39, 0.29) is 12.6 Å². The quantitative estimate of drug-likeness (QED) is 0.314. The third kappa shape index (κ3) is 7.74. The Morgan fingerprint density at radius 1 is 1.04 bits per heavy atom. The normalized spacial score (nSPS) is 12.9. The van der Waals surface area contributed by atoms with Gasteiger partial charge in [0.2, 0.25) is 0 Å². The molecule has 0 aromatic carbocycles. The largest absolute Gasteiger partial charge is 0.510 e. The molecule has 140 valence electrons. The molecular formula is C18H34O5Si. The zero-order valence-electron chi connectivity index (χ0n) is 16.5. The van der Waals surface area contributed by atoms with Crippen LogP contribution in [0.3, 0.4) is 0 Å². The standard InChI is InChI=1S/C18H34O5Si/c1-15(2)10-9-11-16(3)12-13-23-24(20-7,21-8)18(5,6)14-22-17(4)19/h10,12H,9,11,13-14H2,1-8H3/b16-12+. The molecule has 0 saturated heterocycles. The molecule has 0 amide bonds. The van der Waals surface area contributed by atoms with Crippen molar-refractivity contribution in [2.45, 2.75) is 59.4 Å².